The summed E-state index contributed by atoms with van der Waals surface area (Å²) in [4.78, 5) is 16.5. The van der Waals surface area contributed by atoms with Gasteiger partial charge in [-0.05, 0) is 6.92 Å². The second-order valence-electron chi connectivity index (χ2n) is 5.41. The first kappa shape index (κ1) is 17.2. The van der Waals surface area contributed by atoms with E-state index in [1.165, 1.54) is 0 Å². The molecule has 0 unspecified atom stereocenters. The van der Waals surface area contributed by atoms with E-state index in [1.54, 1.807) is 6.92 Å². The first-order valence-corrected chi connectivity index (χ1v) is 8.16. The fourth-order valence-electron chi connectivity index (χ4n) is 2.49. The number of ether oxygens (including phenoxy) is 1. The Kier molecular flexibility index (Phi) is 5.30. The smallest absolute Gasteiger partial charge is 0.331 e. The molecule has 0 saturated heterocycles. The molecular formula is C20H16N4O2. The number of nitrogens with zero attached hydrogens (tertiary/aromatic N) is 4. The average Bonchev–Trinajstić information content (AvgIpc) is 2.70. The minimum atomic E-state index is -1.21. The summed E-state index contributed by atoms with van der Waals surface area (Å²) in [7, 11) is 0. The Bertz CT molecular complexity index is 937. The van der Waals surface area contributed by atoms with Crippen LogP contribution >= 0.6 is 0 Å². The molecule has 0 fully saturated rings. The summed E-state index contributed by atoms with van der Waals surface area (Å²) in [5.41, 5.74) is 2.82. The van der Waals surface area contributed by atoms with Gasteiger partial charge in [0.15, 0.2) is 5.82 Å². The van der Waals surface area contributed by atoms with Crippen molar-refractivity contribution in [1.82, 2.24) is 15.2 Å². The van der Waals surface area contributed by atoms with E-state index in [0.717, 1.165) is 11.1 Å². The van der Waals surface area contributed by atoms with Crippen LogP contribution in [0.1, 0.15) is 18.7 Å². The van der Waals surface area contributed by atoms with Gasteiger partial charge in [0.05, 0.1) is 12.7 Å². The molecule has 6 nitrogen and oxygen atoms in total. The highest BCUT2D eigenvalue weighted by atomic mass is 16.5. The molecule has 3 rings (SSSR count). The van der Waals surface area contributed by atoms with Gasteiger partial charge in [0.25, 0.3) is 0 Å². The van der Waals surface area contributed by atoms with Crippen LogP contribution in [-0.2, 0) is 9.53 Å². The van der Waals surface area contributed by atoms with Crippen LogP contribution in [0.15, 0.2) is 60.7 Å². The van der Waals surface area contributed by atoms with Crippen molar-refractivity contribution < 1.29 is 9.53 Å². The van der Waals surface area contributed by atoms with Crippen molar-refractivity contribution in [2.24, 2.45) is 0 Å². The van der Waals surface area contributed by atoms with Crippen LogP contribution in [0.2, 0.25) is 0 Å². The highest BCUT2D eigenvalue weighted by Crippen LogP contribution is 2.29. The molecule has 2 aromatic carbocycles. The molecule has 0 N–H and O–H groups in total. The monoisotopic (exact) mass is 344 g/mol. The minimum absolute atomic E-state index is 0.0319. The van der Waals surface area contributed by atoms with Crippen molar-refractivity contribution in [3.05, 3.63) is 66.5 Å². The van der Waals surface area contributed by atoms with Crippen LogP contribution in [0, 0.1) is 11.3 Å². The summed E-state index contributed by atoms with van der Waals surface area (Å²) >= 11 is 0. The van der Waals surface area contributed by atoms with Gasteiger partial charge in [-0.3, -0.25) is 4.79 Å². The highest BCUT2D eigenvalue weighted by Gasteiger charge is 2.27. The number of carbonyl (C=O) groups is 1. The standard InChI is InChI=1S/C20H16N4O2/c1-2-26-20(25)16(13-21)19-22-17(14-9-5-3-6-10-14)18(23-24-19)15-11-7-4-8-12-15/h3-12,16H,2H2,1H3/t16-/m0/s1. The minimum Gasteiger partial charge on any atom is -0.465 e. The molecule has 0 saturated carbocycles. The first-order chi connectivity index (χ1) is 12.7. The maximum absolute atomic E-state index is 12.0. The summed E-state index contributed by atoms with van der Waals surface area (Å²) in [6.45, 7) is 1.86. The van der Waals surface area contributed by atoms with Crippen molar-refractivity contribution in [2.75, 3.05) is 6.61 Å². The van der Waals surface area contributed by atoms with E-state index in [9.17, 15) is 10.1 Å². The summed E-state index contributed by atoms with van der Waals surface area (Å²) in [6, 6.07) is 20.9. The molecule has 0 bridgehead atoms. The fraction of sp³-hybridized carbons (Fsp3) is 0.150. The number of rotatable bonds is 5. The van der Waals surface area contributed by atoms with E-state index in [2.05, 4.69) is 15.2 Å². The van der Waals surface area contributed by atoms with Crippen LogP contribution in [0.5, 0.6) is 0 Å². The topological polar surface area (TPSA) is 88.8 Å². The number of hydrogen-bond acceptors (Lipinski definition) is 6. The van der Waals surface area contributed by atoms with Gasteiger partial charge in [0.1, 0.15) is 11.4 Å². The molecule has 0 aliphatic rings. The molecule has 1 atom stereocenters. The molecule has 0 radical (unpaired) electrons. The van der Waals surface area contributed by atoms with Crippen molar-refractivity contribution in [3.63, 3.8) is 0 Å². The lowest BCUT2D eigenvalue weighted by molar-refractivity contribution is -0.143. The third-order valence-corrected chi connectivity index (χ3v) is 3.71. The Morgan fingerprint density at radius 2 is 1.58 bits per heavy atom. The van der Waals surface area contributed by atoms with Gasteiger partial charge < -0.3 is 4.74 Å². The lowest BCUT2D eigenvalue weighted by atomic mass is 10.0. The predicted molar refractivity (Wildman–Crippen MR) is 95.7 cm³/mol. The maximum atomic E-state index is 12.0. The van der Waals surface area contributed by atoms with Gasteiger partial charge in [-0.1, -0.05) is 60.7 Å². The quantitative estimate of drug-likeness (QED) is 0.659. The Hall–Kier alpha value is -3.59. The largest absolute Gasteiger partial charge is 0.465 e. The molecule has 0 aliphatic heterocycles. The van der Waals surface area contributed by atoms with Crippen LogP contribution in [-0.4, -0.2) is 27.8 Å². The van der Waals surface area contributed by atoms with Crippen LogP contribution in [0.25, 0.3) is 22.5 Å². The molecule has 0 amide bonds. The van der Waals surface area contributed by atoms with E-state index in [4.69, 9.17) is 4.74 Å². The van der Waals surface area contributed by atoms with Crippen molar-refractivity contribution in [3.8, 4) is 28.6 Å². The molecule has 6 heteroatoms. The van der Waals surface area contributed by atoms with Crippen LogP contribution in [0.3, 0.4) is 0 Å². The van der Waals surface area contributed by atoms with E-state index in [1.807, 2.05) is 66.7 Å². The zero-order valence-electron chi connectivity index (χ0n) is 14.2. The molecule has 0 aliphatic carbocycles. The number of aromatic nitrogens is 3. The fourth-order valence-corrected chi connectivity index (χ4v) is 2.49. The van der Waals surface area contributed by atoms with E-state index in [0.29, 0.717) is 11.4 Å². The van der Waals surface area contributed by atoms with Crippen LogP contribution in [0.4, 0.5) is 0 Å². The van der Waals surface area contributed by atoms with E-state index >= 15 is 0 Å². The molecular weight excluding hydrogens is 328 g/mol. The molecule has 0 spiro atoms. The van der Waals surface area contributed by atoms with Gasteiger partial charge in [-0.25, -0.2) is 4.98 Å². The Morgan fingerprint density at radius 1 is 1.00 bits per heavy atom. The summed E-state index contributed by atoms with van der Waals surface area (Å²) < 4.78 is 4.94. The normalized spacial score (nSPS) is 11.4. The average molecular weight is 344 g/mol. The summed E-state index contributed by atoms with van der Waals surface area (Å²) in [5.74, 6) is -1.86. The number of nitriles is 1. The molecule has 1 aromatic heterocycles. The zero-order valence-corrected chi connectivity index (χ0v) is 14.2. The lowest BCUT2D eigenvalue weighted by Crippen LogP contribution is -2.18. The number of carbonyl (C=O) groups excluding carboxylic acids is 1. The number of hydrogen-bond donors (Lipinski definition) is 0. The van der Waals surface area contributed by atoms with Gasteiger partial charge >= 0.3 is 5.97 Å². The first-order valence-electron chi connectivity index (χ1n) is 8.16. The Labute approximate surface area is 151 Å². The van der Waals surface area contributed by atoms with Crippen molar-refractivity contribution >= 4 is 5.97 Å². The third kappa shape index (κ3) is 3.57. The maximum Gasteiger partial charge on any atom is 0.331 e. The lowest BCUT2D eigenvalue weighted by Gasteiger charge is -2.11. The van der Waals surface area contributed by atoms with Crippen LogP contribution < -0.4 is 0 Å². The summed E-state index contributed by atoms with van der Waals surface area (Å²) in [5, 5.41) is 17.7. The molecule has 3 aromatic rings. The second kappa shape index (κ2) is 7.99. The SMILES string of the molecule is CCOC(=O)[C@@H](C#N)c1nnc(-c2ccccc2)c(-c2ccccc2)n1. The predicted octanol–water partition coefficient (Wildman–Crippen LogP) is 3.38. The number of benzene rings is 2. The zero-order chi connectivity index (χ0) is 18.4. The molecule has 128 valence electrons. The van der Waals surface area contributed by atoms with Gasteiger partial charge in [-0.15, -0.1) is 10.2 Å². The highest BCUT2D eigenvalue weighted by molar-refractivity contribution is 5.81. The Balaban J connectivity index is 2.14. The third-order valence-electron chi connectivity index (χ3n) is 3.71. The number of esters is 1. The van der Waals surface area contributed by atoms with Crippen molar-refractivity contribution in [1.29, 1.82) is 5.26 Å². The van der Waals surface area contributed by atoms with Gasteiger partial charge in [0, 0.05) is 11.1 Å². The van der Waals surface area contributed by atoms with Crippen molar-refractivity contribution in [2.45, 2.75) is 12.8 Å². The second-order valence-corrected chi connectivity index (χ2v) is 5.41. The summed E-state index contributed by atoms with van der Waals surface area (Å²) in [6.07, 6.45) is 0. The molecule has 26 heavy (non-hydrogen) atoms. The van der Waals surface area contributed by atoms with Gasteiger partial charge in [-0.2, -0.15) is 5.26 Å². The molecule has 1 heterocycles. The van der Waals surface area contributed by atoms with E-state index < -0.39 is 11.9 Å². The Morgan fingerprint density at radius 3 is 2.12 bits per heavy atom. The van der Waals surface area contributed by atoms with E-state index in [-0.39, 0.29) is 12.4 Å². The van der Waals surface area contributed by atoms with Gasteiger partial charge in [0.2, 0.25) is 5.92 Å².